The maximum absolute atomic E-state index is 12.7. The van der Waals surface area contributed by atoms with Crippen molar-refractivity contribution in [2.24, 2.45) is 0 Å². The molecule has 3 heterocycles. The zero-order chi connectivity index (χ0) is 25.0. The van der Waals surface area contributed by atoms with Crippen LogP contribution in [0.5, 0.6) is 0 Å². The van der Waals surface area contributed by atoms with Gasteiger partial charge in [-0.3, -0.25) is 9.42 Å². The van der Waals surface area contributed by atoms with Gasteiger partial charge in [0.15, 0.2) is 0 Å². The molecular weight excluding hydrogens is 530 g/mol. The number of ether oxygens (including phenoxy) is 1. The summed E-state index contributed by atoms with van der Waals surface area (Å²) < 4.78 is 94.9. The van der Waals surface area contributed by atoms with Gasteiger partial charge in [-0.05, 0) is 0 Å². The second-order valence-corrected chi connectivity index (χ2v) is 11.7. The Balaban J connectivity index is 1.74. The van der Waals surface area contributed by atoms with Crippen LogP contribution in [-0.4, -0.2) is 74.7 Å². The Hall–Kier alpha value is -1.13. The average Bonchev–Trinajstić information content (AvgIpc) is 2.86. The van der Waals surface area contributed by atoms with Crippen molar-refractivity contribution in [1.29, 1.82) is 0 Å². The molecule has 3 aliphatic heterocycles. The highest BCUT2D eigenvalue weighted by molar-refractivity contribution is 7.74. The number of rotatable bonds is 5. The monoisotopic (exact) mass is 546 g/mol. The van der Waals surface area contributed by atoms with Crippen LogP contribution in [0.4, 0.5) is 18.0 Å². The van der Waals surface area contributed by atoms with E-state index in [9.17, 15) is 51.7 Å². The number of nitrogens with zero attached hydrogens (tertiary/aromatic N) is 1. The maximum atomic E-state index is 12.7. The molecule has 15 nitrogen and oxygen atoms in total. The zero-order valence-corrected chi connectivity index (χ0v) is 18.6. The number of amides is 2. The molecule has 0 saturated carbocycles. The third-order valence-corrected chi connectivity index (χ3v) is 9.56. The van der Waals surface area contributed by atoms with Gasteiger partial charge in [0.2, 0.25) is 0 Å². The van der Waals surface area contributed by atoms with E-state index in [1.807, 2.05) is 5.32 Å². The van der Waals surface area contributed by atoms with Gasteiger partial charge in [0.1, 0.15) is 31.0 Å². The molecule has 21 heteroatoms. The molecule has 0 spiro atoms. The van der Waals surface area contributed by atoms with Crippen molar-refractivity contribution >= 4 is 29.5 Å². The van der Waals surface area contributed by atoms with E-state index in [1.165, 1.54) is 0 Å². The summed E-state index contributed by atoms with van der Waals surface area (Å²) in [5, 5.41) is 22.5. The Labute approximate surface area is 182 Å². The molecule has 2 amide bonds. The van der Waals surface area contributed by atoms with Gasteiger partial charge in [0, 0.05) is 17.5 Å². The SMILES string of the molecule is C=C1NC(=O)N(CC(F)(F)F)C=C1[C@@H]1O[C@H](COP2(=O)OP(=O)(O)OP(=O)(O)O2)C(O)C1O. The molecule has 6 atom stereocenters. The lowest BCUT2D eigenvalue weighted by Crippen LogP contribution is -2.47. The number of nitrogens with one attached hydrogen (secondary N) is 1. The summed E-state index contributed by atoms with van der Waals surface area (Å²) in [6.45, 7) is 0.732. The topological polar surface area (TPSA) is 211 Å². The Bertz CT molecular complexity index is 990. The molecule has 2 fully saturated rings. The number of urea groups is 1. The second kappa shape index (κ2) is 8.82. The lowest BCUT2D eigenvalue weighted by atomic mass is 9.99. The third kappa shape index (κ3) is 6.31. The molecular formula is C12H16F3N2O13P3. The van der Waals surface area contributed by atoms with Crippen molar-refractivity contribution < 1.29 is 73.9 Å². The number of halogens is 3. The summed E-state index contributed by atoms with van der Waals surface area (Å²) in [6, 6.07) is -1.16. The van der Waals surface area contributed by atoms with Crippen LogP contribution < -0.4 is 5.32 Å². The van der Waals surface area contributed by atoms with Gasteiger partial charge in [0.05, 0.1) is 6.61 Å². The van der Waals surface area contributed by atoms with Crippen LogP contribution in [0, 0.1) is 0 Å². The Kier molecular flexibility index (Phi) is 7.08. The Morgan fingerprint density at radius 2 is 1.70 bits per heavy atom. The molecule has 3 aliphatic rings. The number of aliphatic hydroxyl groups is 2. The van der Waals surface area contributed by atoms with Gasteiger partial charge in [0.25, 0.3) is 0 Å². The van der Waals surface area contributed by atoms with Crippen LogP contribution >= 0.6 is 23.5 Å². The minimum atomic E-state index is -5.33. The minimum absolute atomic E-state index is 0.232. The second-order valence-electron chi connectivity index (χ2n) is 6.74. The summed E-state index contributed by atoms with van der Waals surface area (Å²) in [4.78, 5) is 30.4. The van der Waals surface area contributed by atoms with Crippen LogP contribution in [0.25, 0.3) is 0 Å². The number of phosphoric acid groups is 3. The number of carbonyl (C=O) groups is 1. The van der Waals surface area contributed by atoms with Crippen molar-refractivity contribution in [3.8, 4) is 0 Å². The standard InChI is InChI=1S/C12H16F3N2O13P3/c1-5-6(2-17(11(20)16-5)4-12(13,14)15)10-9(19)8(18)7(27-10)3-26-33(25)29-31(21,22)28-32(23,24)30-33/h2,7-10,18-19H,1,3-4H2,(H,16,20)(H,21,22)(H,23,24)/t7-,8?,9?,10+/m1/s1. The first kappa shape index (κ1) is 26.5. The number of aliphatic hydroxyl groups excluding tert-OH is 2. The lowest BCUT2D eigenvalue weighted by Gasteiger charge is -2.31. The number of carbonyl (C=O) groups excluding carboxylic acids is 1. The maximum Gasteiger partial charge on any atom is 0.492 e. The van der Waals surface area contributed by atoms with E-state index in [-0.39, 0.29) is 16.2 Å². The predicted octanol–water partition coefficient (Wildman–Crippen LogP) is 0.850. The molecule has 5 N–H and O–H groups in total. The molecule has 4 unspecified atom stereocenters. The fourth-order valence-corrected chi connectivity index (χ4v) is 7.85. The molecule has 0 bridgehead atoms. The molecule has 2 saturated heterocycles. The van der Waals surface area contributed by atoms with Gasteiger partial charge in [-0.25, -0.2) is 18.5 Å². The molecule has 0 aromatic rings. The Morgan fingerprint density at radius 1 is 1.12 bits per heavy atom. The Morgan fingerprint density at radius 3 is 2.24 bits per heavy atom. The zero-order valence-electron chi connectivity index (χ0n) is 15.9. The summed E-state index contributed by atoms with van der Waals surface area (Å²) in [5.74, 6) is 0. The molecule has 0 aromatic heterocycles. The molecule has 188 valence electrons. The van der Waals surface area contributed by atoms with Gasteiger partial charge in [-0.2, -0.15) is 26.1 Å². The van der Waals surface area contributed by atoms with Crippen molar-refractivity contribution in [2.45, 2.75) is 30.6 Å². The molecule has 0 aliphatic carbocycles. The highest BCUT2D eigenvalue weighted by Crippen LogP contribution is 2.80. The molecule has 33 heavy (non-hydrogen) atoms. The first-order valence-electron chi connectivity index (χ1n) is 8.51. The number of alkyl halides is 3. The largest absolute Gasteiger partial charge is 0.492 e. The lowest BCUT2D eigenvalue weighted by molar-refractivity contribution is -0.136. The average molecular weight is 546 g/mol. The molecule has 0 aromatic carbocycles. The van der Waals surface area contributed by atoms with Crippen molar-refractivity contribution in [3.63, 3.8) is 0 Å². The summed E-state index contributed by atoms with van der Waals surface area (Å²) in [6.07, 6.45) is -10.9. The number of hydrogen-bond donors (Lipinski definition) is 5. The van der Waals surface area contributed by atoms with E-state index in [0.717, 1.165) is 0 Å². The van der Waals surface area contributed by atoms with Gasteiger partial charge < -0.3 is 30.1 Å². The van der Waals surface area contributed by atoms with Crippen LogP contribution in [0.1, 0.15) is 0 Å². The first-order chi connectivity index (χ1) is 14.9. The van der Waals surface area contributed by atoms with E-state index < -0.39 is 73.2 Å². The quantitative estimate of drug-likeness (QED) is 0.303. The van der Waals surface area contributed by atoms with Crippen LogP contribution in [0.3, 0.4) is 0 Å². The normalized spacial score (nSPS) is 42.3. The number of hydrogen-bond acceptors (Lipinski definition) is 11. The van der Waals surface area contributed by atoms with E-state index in [4.69, 9.17) is 4.74 Å². The van der Waals surface area contributed by atoms with Crippen LogP contribution in [-0.2, 0) is 35.9 Å². The highest BCUT2D eigenvalue weighted by atomic mass is 31.3. The van der Waals surface area contributed by atoms with E-state index in [0.29, 0.717) is 6.20 Å². The first-order valence-corrected chi connectivity index (χ1v) is 13.0. The van der Waals surface area contributed by atoms with Crippen molar-refractivity contribution in [3.05, 3.63) is 24.0 Å². The fraction of sp³-hybridized carbons (Fsp3) is 0.583. The van der Waals surface area contributed by atoms with E-state index in [1.54, 1.807) is 0 Å². The smallest absolute Gasteiger partial charge is 0.387 e. The summed E-state index contributed by atoms with van der Waals surface area (Å²) in [7, 11) is -15.9. The predicted molar refractivity (Wildman–Crippen MR) is 95.7 cm³/mol. The minimum Gasteiger partial charge on any atom is -0.387 e. The summed E-state index contributed by atoms with van der Waals surface area (Å²) >= 11 is 0. The molecule has 3 rings (SSSR count). The van der Waals surface area contributed by atoms with Gasteiger partial charge >= 0.3 is 35.7 Å². The fourth-order valence-electron chi connectivity index (χ4n) is 2.92. The van der Waals surface area contributed by atoms with Gasteiger partial charge in [-0.1, -0.05) is 6.58 Å². The van der Waals surface area contributed by atoms with E-state index in [2.05, 4.69) is 24.0 Å². The van der Waals surface area contributed by atoms with Crippen molar-refractivity contribution in [1.82, 2.24) is 10.2 Å². The highest BCUT2D eigenvalue weighted by Gasteiger charge is 2.55. The third-order valence-electron chi connectivity index (χ3n) is 4.19. The van der Waals surface area contributed by atoms with Crippen LogP contribution in [0.15, 0.2) is 24.0 Å². The molecule has 0 radical (unpaired) electrons. The van der Waals surface area contributed by atoms with Crippen LogP contribution in [0.2, 0.25) is 0 Å². The van der Waals surface area contributed by atoms with Crippen molar-refractivity contribution in [2.75, 3.05) is 13.2 Å². The van der Waals surface area contributed by atoms with Gasteiger partial charge in [-0.15, -0.1) is 0 Å². The van der Waals surface area contributed by atoms with E-state index >= 15 is 0 Å². The summed E-state index contributed by atoms with van der Waals surface area (Å²) in [5.41, 5.74) is -0.500.